The molecule has 8 nitrogen and oxygen atoms in total. The molecule has 3 N–H and O–H groups in total. The van der Waals surface area contributed by atoms with Gasteiger partial charge in [-0.05, 0) is 49.9 Å². The van der Waals surface area contributed by atoms with Crippen molar-refractivity contribution in [1.82, 2.24) is 19.6 Å². The van der Waals surface area contributed by atoms with Crippen LogP contribution in [0.25, 0.3) is 0 Å². The van der Waals surface area contributed by atoms with Gasteiger partial charge in [-0.15, -0.1) is 0 Å². The van der Waals surface area contributed by atoms with Crippen LogP contribution in [0.3, 0.4) is 0 Å². The highest BCUT2D eigenvalue weighted by atomic mass is 32.2. The smallest absolute Gasteiger partial charge is 0.256 e. The first-order chi connectivity index (χ1) is 15.7. The summed E-state index contributed by atoms with van der Waals surface area (Å²) in [5.41, 5.74) is 2.69. The Morgan fingerprint density at radius 2 is 1.78 bits per heavy atom. The number of hydrogen-bond acceptors (Lipinski definition) is 8. The molecule has 2 aliphatic carbocycles. The standard InChI is InChI=1S/C23H31N7OS/c1-2-32-30-13-11-29(12-14-30)19-9-7-18(8-10-19)27-23-24-15-20(22(31)26-17-5-6-17)21(28-23)25-16-3-4-16/h7-10,15-17H,2-6,11-14H2,1H3,(H,26,31)(H2,24,25,27,28). The first-order valence-corrected chi connectivity index (χ1v) is 12.6. The number of carbonyl (C=O) groups is 1. The molecular weight excluding hydrogens is 422 g/mol. The summed E-state index contributed by atoms with van der Waals surface area (Å²) in [5, 5.41) is 9.70. The number of carbonyl (C=O) groups excluding carboxylic acids is 1. The molecule has 1 amide bonds. The van der Waals surface area contributed by atoms with Crippen molar-refractivity contribution in [2.24, 2.45) is 0 Å². The number of amides is 1. The van der Waals surface area contributed by atoms with Gasteiger partial charge in [0.1, 0.15) is 11.4 Å². The summed E-state index contributed by atoms with van der Waals surface area (Å²) in [6.07, 6.45) is 5.97. The summed E-state index contributed by atoms with van der Waals surface area (Å²) in [7, 11) is 0. The topological polar surface area (TPSA) is 85.4 Å². The minimum absolute atomic E-state index is 0.0935. The van der Waals surface area contributed by atoms with E-state index in [2.05, 4.69) is 66.3 Å². The maximum absolute atomic E-state index is 12.6. The lowest BCUT2D eigenvalue weighted by atomic mass is 10.2. The van der Waals surface area contributed by atoms with Crippen LogP contribution in [-0.2, 0) is 0 Å². The van der Waals surface area contributed by atoms with Gasteiger partial charge in [0, 0.05) is 61.6 Å². The van der Waals surface area contributed by atoms with Gasteiger partial charge in [-0.3, -0.25) is 4.79 Å². The van der Waals surface area contributed by atoms with E-state index >= 15 is 0 Å². The van der Waals surface area contributed by atoms with Gasteiger partial charge in [-0.25, -0.2) is 9.29 Å². The lowest BCUT2D eigenvalue weighted by molar-refractivity contribution is 0.0951. The van der Waals surface area contributed by atoms with Crippen molar-refractivity contribution >= 4 is 41.0 Å². The number of nitrogens with one attached hydrogen (secondary N) is 3. The monoisotopic (exact) mass is 453 g/mol. The number of benzene rings is 1. The molecule has 3 fully saturated rings. The average molecular weight is 454 g/mol. The van der Waals surface area contributed by atoms with Gasteiger partial charge in [-0.2, -0.15) is 4.98 Å². The molecule has 3 aliphatic rings. The summed E-state index contributed by atoms with van der Waals surface area (Å²) in [5.74, 6) is 2.15. The van der Waals surface area contributed by atoms with Crippen LogP contribution in [0.15, 0.2) is 30.5 Å². The zero-order valence-corrected chi connectivity index (χ0v) is 19.3. The molecule has 0 bridgehead atoms. The molecule has 2 heterocycles. The van der Waals surface area contributed by atoms with E-state index in [-0.39, 0.29) is 5.91 Å². The molecule has 0 spiro atoms. The normalized spacial score (nSPS) is 19.0. The second-order valence-corrected chi connectivity index (χ2v) is 9.98. The second-order valence-electron chi connectivity index (χ2n) is 8.63. The number of piperazine rings is 1. The first-order valence-electron chi connectivity index (χ1n) is 11.6. The van der Waals surface area contributed by atoms with E-state index in [1.807, 2.05) is 11.9 Å². The lowest BCUT2D eigenvalue weighted by Gasteiger charge is -2.35. The van der Waals surface area contributed by atoms with Crippen LogP contribution in [0, 0.1) is 0 Å². The van der Waals surface area contributed by atoms with Crippen molar-refractivity contribution < 1.29 is 4.79 Å². The maximum atomic E-state index is 12.6. The van der Waals surface area contributed by atoms with Gasteiger partial charge in [0.15, 0.2) is 0 Å². The fraction of sp³-hybridized carbons (Fsp3) is 0.522. The predicted molar refractivity (Wildman–Crippen MR) is 131 cm³/mol. The van der Waals surface area contributed by atoms with Crippen molar-refractivity contribution in [2.75, 3.05) is 47.5 Å². The lowest BCUT2D eigenvalue weighted by Crippen LogP contribution is -2.43. The minimum atomic E-state index is -0.0935. The zero-order valence-electron chi connectivity index (χ0n) is 18.5. The molecule has 9 heteroatoms. The third-order valence-electron chi connectivity index (χ3n) is 5.90. The van der Waals surface area contributed by atoms with Crippen molar-refractivity contribution in [3.8, 4) is 0 Å². The van der Waals surface area contributed by atoms with E-state index < -0.39 is 0 Å². The number of hydrogen-bond donors (Lipinski definition) is 3. The van der Waals surface area contributed by atoms with Gasteiger partial charge in [0.05, 0.1) is 0 Å². The molecular formula is C23H31N7OS. The zero-order chi connectivity index (χ0) is 21.9. The summed E-state index contributed by atoms with van der Waals surface area (Å²) in [6.45, 7) is 6.47. The highest BCUT2D eigenvalue weighted by Crippen LogP contribution is 2.28. The van der Waals surface area contributed by atoms with Crippen LogP contribution in [0.2, 0.25) is 0 Å². The largest absolute Gasteiger partial charge is 0.369 e. The molecule has 170 valence electrons. The molecule has 2 aromatic rings. The predicted octanol–water partition coefficient (Wildman–Crippen LogP) is 3.48. The molecule has 5 rings (SSSR count). The second kappa shape index (κ2) is 9.54. The van der Waals surface area contributed by atoms with Crippen molar-refractivity contribution in [2.45, 2.75) is 44.7 Å². The Labute approximate surface area is 193 Å². The molecule has 0 radical (unpaired) electrons. The molecule has 1 saturated heterocycles. The molecule has 1 aromatic heterocycles. The minimum Gasteiger partial charge on any atom is -0.369 e. The Hall–Kier alpha value is -2.52. The van der Waals surface area contributed by atoms with Gasteiger partial charge < -0.3 is 20.9 Å². The Morgan fingerprint density at radius 3 is 2.44 bits per heavy atom. The number of rotatable bonds is 9. The van der Waals surface area contributed by atoms with Crippen LogP contribution in [0.4, 0.5) is 23.1 Å². The molecule has 2 saturated carbocycles. The molecule has 0 unspecified atom stereocenters. The van der Waals surface area contributed by atoms with E-state index in [0.717, 1.165) is 63.3 Å². The first kappa shape index (κ1) is 21.3. The fourth-order valence-electron chi connectivity index (χ4n) is 3.77. The Kier molecular flexibility index (Phi) is 6.36. The third kappa shape index (κ3) is 5.45. The highest BCUT2D eigenvalue weighted by Gasteiger charge is 2.28. The van der Waals surface area contributed by atoms with E-state index in [1.165, 1.54) is 5.69 Å². The quantitative estimate of drug-likeness (QED) is 0.498. The average Bonchev–Trinajstić information content (AvgIpc) is 3.73. The molecule has 32 heavy (non-hydrogen) atoms. The van der Waals surface area contributed by atoms with Crippen LogP contribution in [0.5, 0.6) is 0 Å². The Balaban J connectivity index is 1.24. The Morgan fingerprint density at radius 1 is 1.06 bits per heavy atom. The summed E-state index contributed by atoms with van der Waals surface area (Å²) in [6, 6.07) is 9.13. The fourth-order valence-corrected chi connectivity index (χ4v) is 4.56. The Bertz CT molecular complexity index is 938. The number of aromatic nitrogens is 2. The summed E-state index contributed by atoms with van der Waals surface area (Å²) < 4.78 is 2.45. The van der Waals surface area contributed by atoms with E-state index in [0.29, 0.717) is 29.4 Å². The van der Waals surface area contributed by atoms with Crippen LogP contribution >= 0.6 is 11.9 Å². The van der Waals surface area contributed by atoms with E-state index in [4.69, 9.17) is 0 Å². The highest BCUT2D eigenvalue weighted by molar-refractivity contribution is 7.96. The van der Waals surface area contributed by atoms with Crippen molar-refractivity contribution in [3.63, 3.8) is 0 Å². The van der Waals surface area contributed by atoms with E-state index in [1.54, 1.807) is 6.20 Å². The van der Waals surface area contributed by atoms with Gasteiger partial charge in [0.25, 0.3) is 5.91 Å². The summed E-state index contributed by atoms with van der Waals surface area (Å²) >= 11 is 1.92. The third-order valence-corrected chi connectivity index (χ3v) is 6.89. The van der Waals surface area contributed by atoms with Crippen LogP contribution < -0.4 is 20.9 Å². The van der Waals surface area contributed by atoms with E-state index in [9.17, 15) is 4.79 Å². The number of anilines is 4. The molecule has 1 aliphatic heterocycles. The van der Waals surface area contributed by atoms with Crippen molar-refractivity contribution in [1.29, 1.82) is 0 Å². The van der Waals surface area contributed by atoms with Gasteiger partial charge in [-0.1, -0.05) is 18.9 Å². The van der Waals surface area contributed by atoms with Crippen LogP contribution in [-0.4, -0.2) is 64.2 Å². The van der Waals surface area contributed by atoms with Crippen LogP contribution in [0.1, 0.15) is 43.0 Å². The number of nitrogens with zero attached hydrogens (tertiary/aromatic N) is 4. The van der Waals surface area contributed by atoms with Gasteiger partial charge in [0.2, 0.25) is 5.95 Å². The molecule has 1 aromatic carbocycles. The SMILES string of the molecule is CCSN1CCN(c2ccc(Nc3ncc(C(=O)NC4CC4)c(NC4CC4)n3)cc2)CC1. The van der Waals surface area contributed by atoms with Crippen molar-refractivity contribution in [3.05, 3.63) is 36.0 Å². The summed E-state index contributed by atoms with van der Waals surface area (Å²) in [4.78, 5) is 24.0. The molecule has 0 atom stereocenters. The van der Waals surface area contributed by atoms with Gasteiger partial charge >= 0.3 is 0 Å². The maximum Gasteiger partial charge on any atom is 0.256 e.